The lowest BCUT2D eigenvalue weighted by atomic mass is 9.83. The second-order valence-corrected chi connectivity index (χ2v) is 9.69. The molecule has 0 aliphatic carbocycles. The van der Waals surface area contributed by atoms with Crippen LogP contribution in [0.4, 0.5) is 0 Å². The standard InChI is InChI=1S/C27H48O7/c1-6-8-9-10-14-17-25(29)32-20-24(7-2)34-26(30)19-27(4,5)18-15-12-11-13-16-23(3)33-22-31-21-28/h21,24H,3,6-20,22H2,1-2,4-5H3. The molecule has 0 fully saturated rings. The minimum Gasteiger partial charge on any atom is -0.462 e. The van der Waals surface area contributed by atoms with E-state index in [9.17, 15) is 14.4 Å². The maximum Gasteiger partial charge on any atom is 0.306 e. The van der Waals surface area contributed by atoms with Gasteiger partial charge in [-0.05, 0) is 31.1 Å². The monoisotopic (exact) mass is 484 g/mol. The van der Waals surface area contributed by atoms with Gasteiger partial charge < -0.3 is 18.9 Å². The Labute approximate surface area is 206 Å². The molecule has 198 valence electrons. The van der Waals surface area contributed by atoms with Gasteiger partial charge in [0.2, 0.25) is 6.79 Å². The summed E-state index contributed by atoms with van der Waals surface area (Å²) >= 11 is 0. The van der Waals surface area contributed by atoms with Crippen LogP contribution in [-0.2, 0) is 33.3 Å². The fourth-order valence-electron chi connectivity index (χ4n) is 3.57. The molecule has 0 amide bonds. The number of rotatable bonds is 23. The van der Waals surface area contributed by atoms with Crippen LogP contribution in [0.25, 0.3) is 0 Å². The largest absolute Gasteiger partial charge is 0.462 e. The molecule has 0 heterocycles. The molecular formula is C27H48O7. The molecule has 7 heteroatoms. The first kappa shape index (κ1) is 31.9. The SMILES string of the molecule is C=C(CCCCCCC(C)(C)CC(=O)OC(CC)COC(=O)CCCCCCC)OCOC=O. The highest BCUT2D eigenvalue weighted by Gasteiger charge is 2.24. The zero-order chi connectivity index (χ0) is 25.7. The summed E-state index contributed by atoms with van der Waals surface area (Å²) in [5.74, 6) is 0.169. The van der Waals surface area contributed by atoms with Crippen molar-refractivity contribution in [2.24, 2.45) is 5.41 Å². The summed E-state index contributed by atoms with van der Waals surface area (Å²) in [5, 5.41) is 0. The average Bonchev–Trinajstić information content (AvgIpc) is 2.78. The molecule has 7 nitrogen and oxygen atoms in total. The maximum atomic E-state index is 12.4. The van der Waals surface area contributed by atoms with Gasteiger partial charge in [0.1, 0.15) is 12.7 Å². The van der Waals surface area contributed by atoms with Crippen LogP contribution in [0.1, 0.15) is 118 Å². The van der Waals surface area contributed by atoms with Gasteiger partial charge in [0.15, 0.2) is 0 Å². The van der Waals surface area contributed by atoms with Gasteiger partial charge in [-0.2, -0.15) is 0 Å². The smallest absolute Gasteiger partial charge is 0.306 e. The molecule has 0 aliphatic rings. The van der Waals surface area contributed by atoms with Gasteiger partial charge >= 0.3 is 11.9 Å². The quantitative estimate of drug-likeness (QED) is 0.0401. The van der Waals surface area contributed by atoms with E-state index in [1.165, 1.54) is 12.8 Å². The van der Waals surface area contributed by atoms with Gasteiger partial charge in [-0.15, -0.1) is 0 Å². The zero-order valence-corrected chi connectivity index (χ0v) is 22.0. The van der Waals surface area contributed by atoms with E-state index in [1.54, 1.807) is 0 Å². The highest BCUT2D eigenvalue weighted by atomic mass is 16.7. The van der Waals surface area contributed by atoms with E-state index in [0.29, 0.717) is 31.5 Å². The van der Waals surface area contributed by atoms with Crippen molar-refractivity contribution >= 4 is 18.4 Å². The van der Waals surface area contributed by atoms with Crippen LogP contribution in [0.3, 0.4) is 0 Å². The predicted octanol–water partition coefficient (Wildman–Crippen LogP) is 6.63. The van der Waals surface area contributed by atoms with Crippen molar-refractivity contribution in [2.45, 2.75) is 124 Å². The Bertz CT molecular complexity index is 571. The van der Waals surface area contributed by atoms with E-state index in [0.717, 1.165) is 57.8 Å². The lowest BCUT2D eigenvalue weighted by Crippen LogP contribution is -2.27. The molecule has 0 aromatic rings. The van der Waals surface area contributed by atoms with Crippen molar-refractivity contribution in [2.75, 3.05) is 13.4 Å². The molecule has 1 atom stereocenters. The van der Waals surface area contributed by atoms with Crippen LogP contribution in [-0.4, -0.2) is 37.9 Å². The van der Waals surface area contributed by atoms with E-state index in [1.807, 2.05) is 6.92 Å². The molecule has 1 unspecified atom stereocenters. The third kappa shape index (κ3) is 19.4. The van der Waals surface area contributed by atoms with Crippen molar-refractivity contribution in [3.63, 3.8) is 0 Å². The number of unbranched alkanes of at least 4 members (excludes halogenated alkanes) is 7. The topological polar surface area (TPSA) is 88.1 Å². The van der Waals surface area contributed by atoms with Gasteiger partial charge in [0, 0.05) is 12.8 Å². The Balaban J connectivity index is 4.01. The van der Waals surface area contributed by atoms with Gasteiger partial charge in [-0.3, -0.25) is 14.4 Å². The van der Waals surface area contributed by atoms with Gasteiger partial charge in [0.25, 0.3) is 6.47 Å². The summed E-state index contributed by atoms with van der Waals surface area (Å²) in [6.07, 6.45) is 12.2. The average molecular weight is 485 g/mol. The van der Waals surface area contributed by atoms with Gasteiger partial charge in [0.05, 0.1) is 12.2 Å². The van der Waals surface area contributed by atoms with Crippen LogP contribution < -0.4 is 0 Å². The lowest BCUT2D eigenvalue weighted by Gasteiger charge is -2.25. The Hall–Kier alpha value is -2.05. The van der Waals surface area contributed by atoms with E-state index in [2.05, 4.69) is 32.1 Å². The minimum atomic E-state index is -0.389. The molecule has 0 N–H and O–H groups in total. The molecule has 0 radical (unpaired) electrons. The Morgan fingerprint density at radius 3 is 2.18 bits per heavy atom. The molecule has 0 aromatic carbocycles. The molecule has 34 heavy (non-hydrogen) atoms. The highest BCUT2D eigenvalue weighted by Crippen LogP contribution is 2.29. The lowest BCUT2D eigenvalue weighted by molar-refractivity contribution is -0.161. The molecule has 0 aliphatic heterocycles. The number of hydrogen-bond acceptors (Lipinski definition) is 7. The van der Waals surface area contributed by atoms with Gasteiger partial charge in [-0.1, -0.05) is 79.2 Å². The Kier molecular flexibility index (Phi) is 19.1. The first-order valence-corrected chi connectivity index (χ1v) is 12.9. The van der Waals surface area contributed by atoms with E-state index in [4.69, 9.17) is 14.2 Å². The predicted molar refractivity (Wildman–Crippen MR) is 133 cm³/mol. The summed E-state index contributed by atoms with van der Waals surface area (Å²) in [5.41, 5.74) is -0.149. The number of carbonyl (C=O) groups is 3. The summed E-state index contributed by atoms with van der Waals surface area (Å²) < 4.78 is 20.5. The summed E-state index contributed by atoms with van der Waals surface area (Å²) in [4.78, 5) is 34.4. The second kappa shape index (κ2) is 20.3. The van der Waals surface area contributed by atoms with Crippen molar-refractivity contribution in [1.29, 1.82) is 0 Å². The number of allylic oxidation sites excluding steroid dienone is 1. The van der Waals surface area contributed by atoms with E-state index < -0.39 is 0 Å². The first-order chi connectivity index (χ1) is 16.2. The third-order valence-electron chi connectivity index (χ3n) is 5.75. The Morgan fingerprint density at radius 1 is 0.882 bits per heavy atom. The summed E-state index contributed by atoms with van der Waals surface area (Å²) in [7, 11) is 0. The number of ether oxygens (including phenoxy) is 4. The normalized spacial score (nSPS) is 12.0. The third-order valence-corrected chi connectivity index (χ3v) is 5.75. The summed E-state index contributed by atoms with van der Waals surface area (Å²) in [6, 6.07) is 0. The molecule has 0 saturated heterocycles. The van der Waals surface area contributed by atoms with Crippen LogP contribution in [0, 0.1) is 5.41 Å². The maximum absolute atomic E-state index is 12.4. The zero-order valence-electron chi connectivity index (χ0n) is 22.0. The fraction of sp³-hybridized carbons (Fsp3) is 0.815. The van der Waals surface area contributed by atoms with Crippen molar-refractivity contribution in [1.82, 2.24) is 0 Å². The van der Waals surface area contributed by atoms with Crippen molar-refractivity contribution < 1.29 is 33.3 Å². The van der Waals surface area contributed by atoms with Crippen LogP contribution in [0.5, 0.6) is 0 Å². The van der Waals surface area contributed by atoms with Crippen LogP contribution in [0.2, 0.25) is 0 Å². The Morgan fingerprint density at radius 2 is 1.53 bits per heavy atom. The fourth-order valence-corrected chi connectivity index (χ4v) is 3.57. The molecule has 0 bridgehead atoms. The van der Waals surface area contributed by atoms with E-state index >= 15 is 0 Å². The molecule has 0 saturated carbocycles. The second-order valence-electron chi connectivity index (χ2n) is 9.69. The van der Waals surface area contributed by atoms with Crippen molar-refractivity contribution in [3.8, 4) is 0 Å². The minimum absolute atomic E-state index is 0.0902. The number of carbonyl (C=O) groups excluding carboxylic acids is 3. The van der Waals surface area contributed by atoms with Crippen LogP contribution in [0.15, 0.2) is 12.3 Å². The molecule has 0 aromatic heterocycles. The van der Waals surface area contributed by atoms with Gasteiger partial charge in [-0.25, -0.2) is 0 Å². The highest BCUT2D eigenvalue weighted by molar-refractivity contribution is 5.71. The molecule has 0 rings (SSSR count). The van der Waals surface area contributed by atoms with Crippen LogP contribution >= 0.6 is 0 Å². The number of hydrogen-bond donors (Lipinski definition) is 0. The molecule has 0 spiro atoms. The first-order valence-electron chi connectivity index (χ1n) is 12.9. The van der Waals surface area contributed by atoms with Crippen molar-refractivity contribution in [3.05, 3.63) is 12.3 Å². The molecular weight excluding hydrogens is 436 g/mol. The number of esters is 2. The van der Waals surface area contributed by atoms with E-state index in [-0.39, 0.29) is 36.9 Å². The summed E-state index contributed by atoms with van der Waals surface area (Å²) in [6.45, 7) is 12.4.